The highest BCUT2D eigenvalue weighted by atomic mass is 79.9. The predicted molar refractivity (Wildman–Crippen MR) is 82.0 cm³/mol. The maximum Gasteiger partial charge on any atom is 0.195 e. The van der Waals surface area contributed by atoms with E-state index in [1.54, 1.807) is 0 Å². The first kappa shape index (κ1) is 13.5. The van der Waals surface area contributed by atoms with Gasteiger partial charge in [0.15, 0.2) is 5.78 Å². The second kappa shape index (κ2) is 5.34. The topological polar surface area (TPSA) is 17.1 Å². The molecule has 0 saturated heterocycles. The number of halogens is 3. The number of hydrogen-bond donors (Lipinski definition) is 0. The number of hydrogen-bond acceptors (Lipinski definition) is 2. The van der Waals surface area contributed by atoms with Gasteiger partial charge in [-0.2, -0.15) is 0 Å². The molecule has 1 aromatic carbocycles. The number of benzene rings is 1. The molecule has 17 heavy (non-hydrogen) atoms. The minimum Gasteiger partial charge on any atom is -0.289 e. The zero-order valence-corrected chi connectivity index (χ0v) is 14.3. The molecule has 0 N–H and O–H groups in total. The number of thiophene rings is 1. The molecular formula is C12H7Br3OS. The van der Waals surface area contributed by atoms with Crippen molar-refractivity contribution in [2.24, 2.45) is 0 Å². The minimum absolute atomic E-state index is 0.0273. The van der Waals surface area contributed by atoms with E-state index in [1.807, 2.05) is 30.5 Å². The number of aryl methyl sites for hydroxylation is 1. The fraction of sp³-hybridized carbons (Fsp3) is 0.0833. The summed E-state index contributed by atoms with van der Waals surface area (Å²) in [5, 5.41) is 1.85. The fourth-order valence-electron chi connectivity index (χ4n) is 1.40. The maximum absolute atomic E-state index is 12.3. The molecule has 0 saturated carbocycles. The van der Waals surface area contributed by atoms with Gasteiger partial charge in [0, 0.05) is 25.5 Å². The fourth-order valence-corrected chi connectivity index (χ4v) is 3.52. The van der Waals surface area contributed by atoms with Crippen molar-refractivity contribution in [3.63, 3.8) is 0 Å². The second-order valence-corrected chi connectivity index (χ2v) is 7.55. The van der Waals surface area contributed by atoms with E-state index in [0.717, 1.165) is 18.3 Å². The van der Waals surface area contributed by atoms with Crippen molar-refractivity contribution in [3.05, 3.63) is 53.0 Å². The van der Waals surface area contributed by atoms with Gasteiger partial charge in [0.2, 0.25) is 0 Å². The molecule has 0 aliphatic rings. The summed E-state index contributed by atoms with van der Waals surface area (Å²) in [5.74, 6) is 0.0273. The van der Waals surface area contributed by atoms with E-state index in [1.165, 1.54) is 11.3 Å². The van der Waals surface area contributed by atoms with Gasteiger partial charge < -0.3 is 0 Å². The van der Waals surface area contributed by atoms with Crippen LogP contribution in [0.2, 0.25) is 0 Å². The van der Waals surface area contributed by atoms with Gasteiger partial charge in [-0.1, -0.05) is 31.9 Å². The molecule has 1 aromatic heterocycles. The number of carbonyl (C=O) groups excluding carboxylic acids is 1. The SMILES string of the molecule is Cc1cc(Br)c(C(=O)c2csc(Br)c2)cc1Br. The lowest BCUT2D eigenvalue weighted by atomic mass is 10.0. The minimum atomic E-state index is 0.0273. The summed E-state index contributed by atoms with van der Waals surface area (Å²) in [6.45, 7) is 1.99. The van der Waals surface area contributed by atoms with Crippen molar-refractivity contribution in [1.29, 1.82) is 0 Å². The lowest BCUT2D eigenvalue weighted by molar-refractivity contribution is 0.103. The van der Waals surface area contributed by atoms with Crippen LogP contribution in [-0.2, 0) is 0 Å². The maximum atomic E-state index is 12.3. The van der Waals surface area contributed by atoms with Crippen molar-refractivity contribution in [2.45, 2.75) is 6.92 Å². The number of ketones is 1. The van der Waals surface area contributed by atoms with Crippen LogP contribution in [0.5, 0.6) is 0 Å². The Hall–Kier alpha value is 0.0300. The van der Waals surface area contributed by atoms with Crippen LogP contribution < -0.4 is 0 Å². The van der Waals surface area contributed by atoms with Crippen molar-refractivity contribution < 1.29 is 4.79 Å². The summed E-state index contributed by atoms with van der Waals surface area (Å²) >= 11 is 11.8. The van der Waals surface area contributed by atoms with Crippen molar-refractivity contribution in [2.75, 3.05) is 0 Å². The Balaban J connectivity index is 2.47. The lowest BCUT2D eigenvalue weighted by Gasteiger charge is -2.05. The van der Waals surface area contributed by atoms with Crippen molar-refractivity contribution in [3.8, 4) is 0 Å². The van der Waals surface area contributed by atoms with Gasteiger partial charge in [0.25, 0.3) is 0 Å². The van der Waals surface area contributed by atoms with E-state index in [9.17, 15) is 4.79 Å². The van der Waals surface area contributed by atoms with Gasteiger partial charge in [-0.25, -0.2) is 0 Å². The third-order valence-corrected chi connectivity index (χ3v) is 5.34. The van der Waals surface area contributed by atoms with Crippen LogP contribution in [0.25, 0.3) is 0 Å². The van der Waals surface area contributed by atoms with Gasteiger partial charge in [0.1, 0.15) is 0 Å². The Morgan fingerprint density at radius 1 is 1.12 bits per heavy atom. The summed E-state index contributed by atoms with van der Waals surface area (Å²) in [6.07, 6.45) is 0. The highest BCUT2D eigenvalue weighted by Crippen LogP contribution is 2.29. The Labute approximate surface area is 129 Å². The number of carbonyl (C=O) groups is 1. The summed E-state index contributed by atoms with van der Waals surface area (Å²) < 4.78 is 2.73. The van der Waals surface area contributed by atoms with Gasteiger partial charge in [-0.05, 0) is 46.6 Å². The first-order chi connectivity index (χ1) is 7.99. The van der Waals surface area contributed by atoms with E-state index >= 15 is 0 Å². The Kier molecular flexibility index (Phi) is 4.23. The highest BCUT2D eigenvalue weighted by molar-refractivity contribution is 9.11. The molecule has 1 nitrogen and oxygen atoms in total. The van der Waals surface area contributed by atoms with Crippen LogP contribution in [0.15, 0.2) is 36.3 Å². The van der Waals surface area contributed by atoms with Crippen LogP contribution in [0.4, 0.5) is 0 Å². The molecule has 0 amide bonds. The first-order valence-electron chi connectivity index (χ1n) is 4.73. The molecule has 0 aliphatic carbocycles. The molecule has 1 heterocycles. The average molecular weight is 439 g/mol. The molecule has 0 atom stereocenters. The molecule has 2 aromatic rings. The van der Waals surface area contributed by atoms with Gasteiger partial charge in [-0.15, -0.1) is 11.3 Å². The van der Waals surface area contributed by atoms with Crippen LogP contribution in [0.3, 0.4) is 0 Å². The van der Waals surface area contributed by atoms with E-state index in [2.05, 4.69) is 47.8 Å². The van der Waals surface area contributed by atoms with E-state index < -0.39 is 0 Å². The van der Waals surface area contributed by atoms with E-state index in [0.29, 0.717) is 11.1 Å². The zero-order chi connectivity index (χ0) is 12.6. The normalized spacial score (nSPS) is 10.6. The molecule has 2 rings (SSSR count). The van der Waals surface area contributed by atoms with E-state index in [-0.39, 0.29) is 5.78 Å². The summed E-state index contributed by atoms with van der Waals surface area (Å²) in [5.41, 5.74) is 2.48. The Bertz CT molecular complexity index is 589. The summed E-state index contributed by atoms with van der Waals surface area (Å²) in [4.78, 5) is 12.3. The molecule has 0 aliphatic heterocycles. The zero-order valence-electron chi connectivity index (χ0n) is 8.76. The second-order valence-electron chi connectivity index (χ2n) is 3.55. The largest absolute Gasteiger partial charge is 0.289 e. The molecule has 0 unspecified atom stereocenters. The summed E-state index contributed by atoms with van der Waals surface area (Å²) in [6, 6.07) is 5.64. The third-order valence-electron chi connectivity index (χ3n) is 2.32. The van der Waals surface area contributed by atoms with E-state index in [4.69, 9.17) is 0 Å². The molecule has 0 fully saturated rings. The van der Waals surface area contributed by atoms with Crippen molar-refractivity contribution in [1.82, 2.24) is 0 Å². The number of rotatable bonds is 2. The quantitative estimate of drug-likeness (QED) is 0.560. The monoisotopic (exact) mass is 436 g/mol. The lowest BCUT2D eigenvalue weighted by Crippen LogP contribution is -2.01. The molecule has 0 spiro atoms. The Morgan fingerprint density at radius 2 is 1.82 bits per heavy atom. The molecule has 0 bridgehead atoms. The van der Waals surface area contributed by atoms with Crippen LogP contribution in [-0.4, -0.2) is 5.78 Å². The average Bonchev–Trinajstić information content (AvgIpc) is 2.69. The highest BCUT2D eigenvalue weighted by Gasteiger charge is 2.15. The Morgan fingerprint density at radius 3 is 2.41 bits per heavy atom. The van der Waals surface area contributed by atoms with Gasteiger partial charge in [0.05, 0.1) is 3.79 Å². The molecule has 88 valence electrons. The molecule has 0 radical (unpaired) electrons. The van der Waals surface area contributed by atoms with Crippen LogP contribution in [0.1, 0.15) is 21.5 Å². The standard InChI is InChI=1S/C12H7Br3OS/c1-6-2-10(14)8(4-9(6)13)12(16)7-3-11(15)17-5-7/h2-5H,1H3. The smallest absolute Gasteiger partial charge is 0.195 e. The van der Waals surface area contributed by atoms with Crippen molar-refractivity contribution >= 4 is 64.9 Å². The first-order valence-corrected chi connectivity index (χ1v) is 7.99. The third kappa shape index (κ3) is 2.89. The summed E-state index contributed by atoms with van der Waals surface area (Å²) in [7, 11) is 0. The predicted octanol–water partition coefficient (Wildman–Crippen LogP) is 5.58. The van der Waals surface area contributed by atoms with Gasteiger partial charge >= 0.3 is 0 Å². The molecule has 5 heteroatoms. The molecular weight excluding hydrogens is 432 g/mol. The van der Waals surface area contributed by atoms with Gasteiger partial charge in [-0.3, -0.25) is 4.79 Å². The van der Waals surface area contributed by atoms with Crippen LogP contribution >= 0.6 is 59.1 Å². The van der Waals surface area contributed by atoms with Crippen LogP contribution in [0, 0.1) is 6.92 Å².